The van der Waals surface area contributed by atoms with Crippen molar-refractivity contribution in [1.29, 1.82) is 0 Å². The molecule has 0 saturated heterocycles. The zero-order valence-electron chi connectivity index (χ0n) is 15.6. The number of benzene rings is 2. The Hall–Kier alpha value is -2.73. The summed E-state index contributed by atoms with van der Waals surface area (Å²) in [6.45, 7) is 0.392. The molecule has 0 radical (unpaired) electrons. The Labute approximate surface area is 166 Å². The number of ether oxygens (including phenoxy) is 1. The highest BCUT2D eigenvalue weighted by Gasteiger charge is 2.07. The lowest BCUT2D eigenvalue weighted by molar-refractivity contribution is -0.130. The quantitative estimate of drug-likeness (QED) is 0.677. The molecule has 2 rings (SSSR count). The molecular formula is C20H26ClN3O3. The molecule has 0 aromatic heterocycles. The second kappa shape index (κ2) is 11.1. The van der Waals surface area contributed by atoms with Crippen LogP contribution in [0.3, 0.4) is 0 Å². The molecule has 0 fully saturated rings. The number of carbonyl (C=O) groups excluding carboxylic acids is 2. The van der Waals surface area contributed by atoms with E-state index in [-0.39, 0.29) is 30.8 Å². The summed E-state index contributed by atoms with van der Waals surface area (Å²) in [6.07, 6.45) is 0.982. The third kappa shape index (κ3) is 7.58. The van der Waals surface area contributed by atoms with Gasteiger partial charge in [-0.2, -0.15) is 0 Å². The van der Waals surface area contributed by atoms with E-state index >= 15 is 0 Å². The summed E-state index contributed by atoms with van der Waals surface area (Å²) in [5.74, 6) is 0.454. The summed E-state index contributed by atoms with van der Waals surface area (Å²) < 4.78 is 5.48. The van der Waals surface area contributed by atoms with Crippen molar-refractivity contribution in [2.45, 2.75) is 19.4 Å². The molecular weight excluding hydrogens is 366 g/mol. The average molecular weight is 392 g/mol. The molecule has 0 aliphatic heterocycles. The number of hydrogen-bond donors (Lipinski definition) is 2. The highest BCUT2D eigenvalue weighted by molar-refractivity contribution is 5.85. The van der Waals surface area contributed by atoms with E-state index in [0.29, 0.717) is 30.8 Å². The van der Waals surface area contributed by atoms with E-state index in [4.69, 9.17) is 10.5 Å². The van der Waals surface area contributed by atoms with Crippen molar-refractivity contribution in [3.63, 3.8) is 0 Å². The molecule has 2 aromatic carbocycles. The van der Waals surface area contributed by atoms with Crippen molar-refractivity contribution in [1.82, 2.24) is 10.2 Å². The first-order chi connectivity index (χ1) is 12.5. The van der Waals surface area contributed by atoms with Crippen LogP contribution in [0, 0.1) is 0 Å². The third-order valence-corrected chi connectivity index (χ3v) is 3.93. The number of aryl methyl sites for hydroxylation is 1. The largest absolute Gasteiger partial charge is 0.484 e. The van der Waals surface area contributed by atoms with Crippen LogP contribution in [-0.2, 0) is 22.6 Å². The minimum atomic E-state index is -0.108. The second-order valence-electron chi connectivity index (χ2n) is 6.20. The van der Waals surface area contributed by atoms with Gasteiger partial charge >= 0.3 is 0 Å². The number of anilines is 1. The Kier molecular flexibility index (Phi) is 9.16. The van der Waals surface area contributed by atoms with E-state index in [9.17, 15) is 9.59 Å². The van der Waals surface area contributed by atoms with Gasteiger partial charge in [0.05, 0.1) is 0 Å². The van der Waals surface area contributed by atoms with Gasteiger partial charge in [0.25, 0.3) is 5.91 Å². The monoisotopic (exact) mass is 391 g/mol. The van der Waals surface area contributed by atoms with Crippen molar-refractivity contribution >= 4 is 29.9 Å². The first-order valence-corrected chi connectivity index (χ1v) is 8.47. The SMILES string of the molecule is CN(C)C(=O)COc1cccc(CNC(=O)CCc2ccccc2N)c1.Cl. The van der Waals surface area contributed by atoms with Crippen LogP contribution in [0.4, 0.5) is 5.69 Å². The van der Waals surface area contributed by atoms with Crippen LogP contribution in [-0.4, -0.2) is 37.4 Å². The van der Waals surface area contributed by atoms with Gasteiger partial charge in [-0.1, -0.05) is 30.3 Å². The topological polar surface area (TPSA) is 84.7 Å². The fourth-order valence-electron chi connectivity index (χ4n) is 2.32. The molecule has 2 amide bonds. The van der Waals surface area contributed by atoms with E-state index in [2.05, 4.69) is 5.32 Å². The first-order valence-electron chi connectivity index (χ1n) is 8.47. The molecule has 0 spiro atoms. The molecule has 0 aliphatic rings. The van der Waals surface area contributed by atoms with Gasteiger partial charge in [0.15, 0.2) is 6.61 Å². The number of nitrogens with two attached hydrogens (primary N) is 1. The number of amides is 2. The zero-order chi connectivity index (χ0) is 18.9. The standard InChI is InChI=1S/C20H25N3O3.ClH/c1-23(2)20(25)14-26-17-8-5-6-15(12-17)13-22-19(24)11-10-16-7-3-4-9-18(16)21;/h3-9,12H,10-11,13-14,21H2,1-2H3,(H,22,24);1H. The summed E-state index contributed by atoms with van der Waals surface area (Å²) >= 11 is 0. The minimum Gasteiger partial charge on any atom is -0.484 e. The normalized spacial score (nSPS) is 9.85. The number of hydrogen-bond acceptors (Lipinski definition) is 4. The van der Waals surface area contributed by atoms with E-state index in [0.717, 1.165) is 11.1 Å². The van der Waals surface area contributed by atoms with Gasteiger partial charge in [-0.05, 0) is 35.7 Å². The van der Waals surface area contributed by atoms with Gasteiger partial charge in [0.2, 0.25) is 5.91 Å². The fraction of sp³-hybridized carbons (Fsp3) is 0.300. The molecule has 27 heavy (non-hydrogen) atoms. The Morgan fingerprint density at radius 1 is 1.11 bits per heavy atom. The summed E-state index contributed by atoms with van der Waals surface area (Å²) in [5, 5.41) is 2.89. The number of nitrogens with zero attached hydrogens (tertiary/aromatic N) is 1. The Morgan fingerprint density at radius 3 is 2.56 bits per heavy atom. The van der Waals surface area contributed by atoms with Crippen LogP contribution in [0.5, 0.6) is 5.75 Å². The summed E-state index contributed by atoms with van der Waals surface area (Å²) in [6, 6.07) is 14.9. The van der Waals surface area contributed by atoms with E-state index in [1.807, 2.05) is 42.5 Å². The first kappa shape index (κ1) is 22.3. The van der Waals surface area contributed by atoms with Crippen LogP contribution in [0.25, 0.3) is 0 Å². The molecule has 0 bridgehead atoms. The molecule has 7 heteroatoms. The molecule has 6 nitrogen and oxygen atoms in total. The Bertz CT molecular complexity index is 766. The second-order valence-corrected chi connectivity index (χ2v) is 6.20. The highest BCUT2D eigenvalue weighted by Crippen LogP contribution is 2.14. The Balaban J connectivity index is 0.00000364. The van der Waals surface area contributed by atoms with Crippen LogP contribution < -0.4 is 15.8 Å². The summed E-state index contributed by atoms with van der Waals surface area (Å²) in [4.78, 5) is 25.1. The molecule has 0 atom stereocenters. The maximum atomic E-state index is 12.0. The van der Waals surface area contributed by atoms with Crippen molar-refractivity contribution in [3.05, 3.63) is 59.7 Å². The Morgan fingerprint density at radius 2 is 1.85 bits per heavy atom. The maximum absolute atomic E-state index is 12.0. The van der Waals surface area contributed by atoms with E-state index in [1.54, 1.807) is 20.2 Å². The number of halogens is 1. The van der Waals surface area contributed by atoms with Gasteiger partial charge < -0.3 is 20.7 Å². The molecule has 0 unspecified atom stereocenters. The lowest BCUT2D eigenvalue weighted by Gasteiger charge is -2.12. The van der Waals surface area contributed by atoms with Gasteiger partial charge in [-0.15, -0.1) is 12.4 Å². The number of nitrogens with one attached hydrogen (secondary N) is 1. The predicted molar refractivity (Wildman–Crippen MR) is 109 cm³/mol. The van der Waals surface area contributed by atoms with Crippen molar-refractivity contribution in [3.8, 4) is 5.75 Å². The van der Waals surface area contributed by atoms with E-state index in [1.165, 1.54) is 4.90 Å². The molecule has 0 aliphatic carbocycles. The van der Waals surface area contributed by atoms with Crippen LogP contribution in [0.15, 0.2) is 48.5 Å². The highest BCUT2D eigenvalue weighted by atomic mass is 35.5. The molecule has 2 aromatic rings. The van der Waals surface area contributed by atoms with Gasteiger partial charge in [0.1, 0.15) is 5.75 Å². The fourth-order valence-corrected chi connectivity index (χ4v) is 2.32. The van der Waals surface area contributed by atoms with E-state index < -0.39 is 0 Å². The molecule has 0 saturated carbocycles. The molecule has 146 valence electrons. The maximum Gasteiger partial charge on any atom is 0.259 e. The minimum absolute atomic E-state index is 0. The summed E-state index contributed by atoms with van der Waals surface area (Å²) in [7, 11) is 3.36. The van der Waals surface area contributed by atoms with Crippen LogP contribution >= 0.6 is 12.4 Å². The van der Waals surface area contributed by atoms with Crippen LogP contribution in [0.2, 0.25) is 0 Å². The number of nitrogen functional groups attached to an aromatic ring is 1. The van der Waals surface area contributed by atoms with Crippen molar-refractivity contribution in [2.75, 3.05) is 26.4 Å². The lowest BCUT2D eigenvalue weighted by atomic mass is 10.1. The van der Waals surface area contributed by atoms with Gasteiger partial charge in [-0.25, -0.2) is 0 Å². The smallest absolute Gasteiger partial charge is 0.259 e. The number of para-hydroxylation sites is 1. The van der Waals surface area contributed by atoms with Crippen molar-refractivity contribution in [2.24, 2.45) is 0 Å². The third-order valence-electron chi connectivity index (χ3n) is 3.93. The zero-order valence-corrected chi connectivity index (χ0v) is 16.4. The van der Waals surface area contributed by atoms with Crippen molar-refractivity contribution < 1.29 is 14.3 Å². The predicted octanol–water partition coefficient (Wildman–Crippen LogP) is 2.41. The molecule has 3 N–H and O–H groups in total. The average Bonchev–Trinajstić information content (AvgIpc) is 2.64. The lowest BCUT2D eigenvalue weighted by Crippen LogP contribution is -2.27. The number of carbonyl (C=O) groups is 2. The van der Waals surface area contributed by atoms with Crippen LogP contribution in [0.1, 0.15) is 17.5 Å². The number of likely N-dealkylation sites (N-methyl/N-ethyl adjacent to an activating group) is 1. The summed E-state index contributed by atoms with van der Waals surface area (Å²) in [5.41, 5.74) is 8.48. The molecule has 0 heterocycles. The number of rotatable bonds is 8. The van der Waals surface area contributed by atoms with Gasteiger partial charge in [-0.3, -0.25) is 9.59 Å². The van der Waals surface area contributed by atoms with Gasteiger partial charge in [0, 0.05) is 32.7 Å².